The van der Waals surface area contributed by atoms with Crippen LogP contribution in [0.5, 0.6) is 0 Å². The lowest BCUT2D eigenvalue weighted by Crippen LogP contribution is -2.42. The van der Waals surface area contributed by atoms with Gasteiger partial charge in [0.2, 0.25) is 0 Å². The third-order valence-corrected chi connectivity index (χ3v) is 4.33. The van der Waals surface area contributed by atoms with E-state index in [9.17, 15) is 4.79 Å². The Bertz CT molecular complexity index is 424. The Kier molecular flexibility index (Phi) is 4.93. The minimum Gasteiger partial charge on any atom is -0.336 e. The minimum absolute atomic E-state index is 0.141. The summed E-state index contributed by atoms with van der Waals surface area (Å²) >= 11 is 1.45. The molecule has 1 aromatic heterocycles. The van der Waals surface area contributed by atoms with Gasteiger partial charge in [-0.1, -0.05) is 13.8 Å². The van der Waals surface area contributed by atoms with Crippen molar-refractivity contribution in [3.05, 3.63) is 16.1 Å². The Hall–Kier alpha value is -0.940. The quantitative estimate of drug-likeness (QED) is 0.901. The Labute approximate surface area is 119 Å². The van der Waals surface area contributed by atoms with E-state index in [1.807, 2.05) is 11.8 Å². The van der Waals surface area contributed by atoms with Crippen LogP contribution in [0.3, 0.4) is 0 Å². The molecule has 106 valence electrons. The first-order valence-electron chi connectivity index (χ1n) is 7.00. The molecule has 5 heteroatoms. The Balaban J connectivity index is 2.07. The van der Waals surface area contributed by atoms with Gasteiger partial charge in [0.25, 0.3) is 5.91 Å². The topological polar surface area (TPSA) is 45.2 Å². The SMILES string of the molecule is Cc1ncsc1C(=O)N(CC(C)C)CC1CCCN1. The largest absolute Gasteiger partial charge is 0.336 e. The molecule has 19 heavy (non-hydrogen) atoms. The molecule has 2 heterocycles. The van der Waals surface area contributed by atoms with Gasteiger partial charge in [0, 0.05) is 19.1 Å². The summed E-state index contributed by atoms with van der Waals surface area (Å²) in [6.07, 6.45) is 2.39. The highest BCUT2D eigenvalue weighted by Crippen LogP contribution is 2.17. The molecule has 1 N–H and O–H groups in total. The molecule has 0 aliphatic carbocycles. The predicted molar refractivity (Wildman–Crippen MR) is 78.6 cm³/mol. The summed E-state index contributed by atoms with van der Waals surface area (Å²) < 4.78 is 0. The summed E-state index contributed by atoms with van der Waals surface area (Å²) in [4.78, 5) is 19.6. The van der Waals surface area contributed by atoms with E-state index in [0.717, 1.165) is 30.2 Å². The number of thiazole rings is 1. The summed E-state index contributed by atoms with van der Waals surface area (Å²) in [6, 6.07) is 0.455. The normalized spacial score (nSPS) is 19.1. The lowest BCUT2D eigenvalue weighted by atomic mass is 10.1. The van der Waals surface area contributed by atoms with Crippen molar-refractivity contribution < 1.29 is 4.79 Å². The van der Waals surface area contributed by atoms with E-state index in [-0.39, 0.29) is 5.91 Å². The molecule has 1 atom stereocenters. The van der Waals surface area contributed by atoms with Gasteiger partial charge in [-0.15, -0.1) is 11.3 Å². The predicted octanol–water partition coefficient (Wildman–Crippen LogP) is 2.30. The number of carbonyl (C=O) groups excluding carboxylic acids is 1. The summed E-state index contributed by atoms with van der Waals surface area (Å²) in [5.41, 5.74) is 2.60. The zero-order valence-electron chi connectivity index (χ0n) is 12.0. The van der Waals surface area contributed by atoms with Crippen LogP contribution in [0.2, 0.25) is 0 Å². The molecule has 1 saturated heterocycles. The van der Waals surface area contributed by atoms with Gasteiger partial charge >= 0.3 is 0 Å². The fourth-order valence-corrected chi connectivity index (χ4v) is 3.28. The van der Waals surface area contributed by atoms with Gasteiger partial charge in [-0.3, -0.25) is 4.79 Å². The van der Waals surface area contributed by atoms with E-state index >= 15 is 0 Å². The van der Waals surface area contributed by atoms with Crippen LogP contribution < -0.4 is 5.32 Å². The first-order chi connectivity index (χ1) is 9.08. The number of amides is 1. The van der Waals surface area contributed by atoms with Crippen molar-refractivity contribution in [3.63, 3.8) is 0 Å². The fraction of sp³-hybridized carbons (Fsp3) is 0.714. The lowest BCUT2D eigenvalue weighted by molar-refractivity contribution is 0.0725. The van der Waals surface area contributed by atoms with Crippen molar-refractivity contribution in [2.75, 3.05) is 19.6 Å². The molecule has 0 spiro atoms. The minimum atomic E-state index is 0.141. The standard InChI is InChI=1S/C14H23N3OS/c1-10(2)7-17(8-12-5-4-6-15-12)14(18)13-11(3)16-9-19-13/h9-10,12,15H,4-8H2,1-3H3. The monoisotopic (exact) mass is 281 g/mol. The number of aromatic nitrogens is 1. The summed E-state index contributed by atoms with van der Waals surface area (Å²) in [5.74, 6) is 0.626. The van der Waals surface area contributed by atoms with Crippen molar-refractivity contribution in [1.82, 2.24) is 15.2 Å². The molecule has 0 bridgehead atoms. The van der Waals surface area contributed by atoms with Crippen molar-refractivity contribution in [2.45, 2.75) is 39.7 Å². The van der Waals surface area contributed by atoms with Crippen molar-refractivity contribution >= 4 is 17.2 Å². The number of nitrogens with zero attached hydrogens (tertiary/aromatic N) is 2. The van der Waals surface area contributed by atoms with Crippen LogP contribution in [0.15, 0.2) is 5.51 Å². The van der Waals surface area contributed by atoms with E-state index in [2.05, 4.69) is 24.1 Å². The molecule has 1 unspecified atom stereocenters. The second-order valence-corrected chi connectivity index (χ2v) is 6.52. The van der Waals surface area contributed by atoms with Crippen molar-refractivity contribution in [1.29, 1.82) is 0 Å². The van der Waals surface area contributed by atoms with E-state index in [1.165, 1.54) is 24.2 Å². The molecule has 1 aliphatic heterocycles. The van der Waals surface area contributed by atoms with Gasteiger partial charge in [0.05, 0.1) is 11.2 Å². The molecule has 0 radical (unpaired) electrons. The van der Waals surface area contributed by atoms with Crippen LogP contribution in [-0.4, -0.2) is 41.5 Å². The molecule has 1 fully saturated rings. The third kappa shape index (κ3) is 3.76. The van der Waals surface area contributed by atoms with Crippen LogP contribution in [-0.2, 0) is 0 Å². The second kappa shape index (κ2) is 6.48. The Morgan fingerprint density at radius 3 is 2.95 bits per heavy atom. The van der Waals surface area contributed by atoms with Crippen LogP contribution >= 0.6 is 11.3 Å². The van der Waals surface area contributed by atoms with E-state index in [0.29, 0.717) is 12.0 Å². The average molecular weight is 281 g/mol. The summed E-state index contributed by atoms with van der Waals surface area (Å²) in [7, 11) is 0. The third-order valence-electron chi connectivity index (χ3n) is 3.42. The van der Waals surface area contributed by atoms with Crippen LogP contribution in [0, 0.1) is 12.8 Å². The van der Waals surface area contributed by atoms with Crippen LogP contribution in [0.1, 0.15) is 42.1 Å². The fourth-order valence-electron chi connectivity index (χ4n) is 2.51. The van der Waals surface area contributed by atoms with Gasteiger partial charge in [-0.25, -0.2) is 4.98 Å². The molecular formula is C14H23N3OS. The van der Waals surface area contributed by atoms with Gasteiger partial charge in [0.15, 0.2) is 0 Å². The smallest absolute Gasteiger partial charge is 0.265 e. The maximum absolute atomic E-state index is 12.6. The van der Waals surface area contributed by atoms with Crippen LogP contribution in [0.4, 0.5) is 0 Å². The molecule has 1 amide bonds. The number of hydrogen-bond donors (Lipinski definition) is 1. The summed E-state index contributed by atoms with van der Waals surface area (Å²) in [6.45, 7) is 8.92. The maximum Gasteiger partial charge on any atom is 0.265 e. The number of rotatable bonds is 5. The van der Waals surface area contributed by atoms with Crippen molar-refractivity contribution in [2.24, 2.45) is 5.92 Å². The molecule has 0 saturated carbocycles. The highest BCUT2D eigenvalue weighted by Gasteiger charge is 2.24. The van der Waals surface area contributed by atoms with Gasteiger partial charge < -0.3 is 10.2 Å². The zero-order chi connectivity index (χ0) is 13.8. The molecule has 2 rings (SSSR count). The lowest BCUT2D eigenvalue weighted by Gasteiger charge is -2.27. The first-order valence-corrected chi connectivity index (χ1v) is 7.88. The molecule has 1 aromatic rings. The van der Waals surface area contributed by atoms with Crippen molar-refractivity contribution in [3.8, 4) is 0 Å². The first kappa shape index (κ1) is 14.5. The number of aryl methyl sites for hydroxylation is 1. The van der Waals surface area contributed by atoms with E-state index < -0.39 is 0 Å². The summed E-state index contributed by atoms with van der Waals surface area (Å²) in [5, 5.41) is 3.47. The van der Waals surface area contributed by atoms with Crippen LogP contribution in [0.25, 0.3) is 0 Å². The van der Waals surface area contributed by atoms with Gasteiger partial charge in [0.1, 0.15) is 4.88 Å². The number of hydrogen-bond acceptors (Lipinski definition) is 4. The zero-order valence-corrected chi connectivity index (χ0v) is 12.8. The second-order valence-electron chi connectivity index (χ2n) is 5.66. The average Bonchev–Trinajstić information content (AvgIpc) is 2.98. The van der Waals surface area contributed by atoms with Gasteiger partial charge in [-0.05, 0) is 32.2 Å². The number of nitrogens with one attached hydrogen (secondary N) is 1. The number of carbonyl (C=O) groups is 1. The Morgan fingerprint density at radius 1 is 1.63 bits per heavy atom. The molecule has 4 nitrogen and oxygen atoms in total. The molecule has 1 aliphatic rings. The molecule has 0 aromatic carbocycles. The highest BCUT2D eigenvalue weighted by atomic mass is 32.1. The maximum atomic E-state index is 12.6. The molecular weight excluding hydrogens is 258 g/mol. The highest BCUT2D eigenvalue weighted by molar-refractivity contribution is 7.11. The van der Waals surface area contributed by atoms with Gasteiger partial charge in [-0.2, -0.15) is 0 Å². The van der Waals surface area contributed by atoms with E-state index in [4.69, 9.17) is 0 Å². The van der Waals surface area contributed by atoms with E-state index in [1.54, 1.807) is 5.51 Å². The Morgan fingerprint density at radius 2 is 2.42 bits per heavy atom.